The van der Waals surface area contributed by atoms with Crippen LogP contribution < -0.4 is 15.3 Å². The topological polar surface area (TPSA) is 45.2 Å². The zero-order valence-corrected chi connectivity index (χ0v) is 24.5. The molecule has 2 aromatic carbocycles. The maximum Gasteiger partial charge on any atom is 0.124 e. The molecule has 1 fully saturated rings. The van der Waals surface area contributed by atoms with Gasteiger partial charge in [0.2, 0.25) is 0 Å². The Morgan fingerprint density at radius 3 is 2.14 bits per heavy atom. The van der Waals surface area contributed by atoms with E-state index in [-0.39, 0.29) is 0 Å². The molecule has 0 saturated carbocycles. The molecule has 200 valence electrons. The number of morpholine rings is 1. The zero-order chi connectivity index (χ0) is 26.7. The van der Waals surface area contributed by atoms with Gasteiger partial charge in [-0.25, -0.2) is 0 Å². The predicted octanol–water partition coefficient (Wildman–Crippen LogP) is 4.93. The van der Waals surface area contributed by atoms with Crippen molar-refractivity contribution in [2.75, 3.05) is 53.6 Å². The van der Waals surface area contributed by atoms with E-state index >= 15 is 0 Å². The van der Waals surface area contributed by atoms with Crippen LogP contribution in [0.15, 0.2) is 47.3 Å². The fraction of sp³-hybridized carbons (Fsp3) is 0.484. The number of ether oxygens (including phenoxy) is 2. The van der Waals surface area contributed by atoms with Gasteiger partial charge < -0.3 is 14.6 Å². The fourth-order valence-corrected chi connectivity index (χ4v) is 8.53. The summed E-state index contributed by atoms with van der Waals surface area (Å²) in [4.78, 5) is 5.01. The third kappa shape index (κ3) is 6.12. The van der Waals surface area contributed by atoms with Gasteiger partial charge >= 0.3 is 0 Å². The van der Waals surface area contributed by atoms with Gasteiger partial charge in [-0.15, -0.1) is 0 Å². The van der Waals surface area contributed by atoms with E-state index in [2.05, 4.69) is 74.0 Å². The van der Waals surface area contributed by atoms with Crippen LogP contribution in [0, 0.1) is 27.7 Å². The molecule has 2 aliphatic rings. The maximum atomic E-state index is 10.5. The third-order valence-electron chi connectivity index (χ3n) is 7.86. The molecule has 1 N–H and O–H groups in total. The molecule has 2 aromatic rings. The van der Waals surface area contributed by atoms with E-state index in [1.165, 1.54) is 21.5 Å². The summed E-state index contributed by atoms with van der Waals surface area (Å²) in [5, 5.41) is 14.6. The van der Waals surface area contributed by atoms with Crippen LogP contribution in [0.4, 0.5) is 0 Å². The number of likely N-dealkylation sites (N-methyl/N-ethyl adjacent to an activating group) is 1. The second kappa shape index (κ2) is 12.1. The Hall–Kier alpha value is -2.17. The molecular weight excluding hydrogens is 479 g/mol. The Kier molecular flexibility index (Phi) is 9.13. The van der Waals surface area contributed by atoms with Crippen LogP contribution in [-0.4, -0.2) is 74.5 Å². The van der Waals surface area contributed by atoms with Crippen molar-refractivity contribution in [2.45, 2.75) is 47.1 Å². The zero-order valence-electron chi connectivity index (χ0n) is 23.6. The van der Waals surface area contributed by atoms with Crippen molar-refractivity contribution in [3.63, 3.8) is 0 Å². The van der Waals surface area contributed by atoms with Crippen LogP contribution in [0.3, 0.4) is 0 Å². The third-order valence-corrected chi connectivity index (χ3v) is 10.3. The Labute approximate surface area is 224 Å². The van der Waals surface area contributed by atoms with E-state index in [1.807, 2.05) is 13.8 Å². The highest BCUT2D eigenvalue weighted by Crippen LogP contribution is 2.50. The Bertz CT molecular complexity index is 1140. The predicted molar refractivity (Wildman–Crippen MR) is 156 cm³/mol. The number of phenolic OH excluding ortho intramolecular Hbond substituents is 1. The molecule has 37 heavy (non-hydrogen) atoms. The molecule has 1 aliphatic heterocycles. The van der Waals surface area contributed by atoms with Gasteiger partial charge in [-0.1, -0.05) is 12.2 Å². The normalized spacial score (nSPS) is 18.1. The standard InChI is InChI=1S/C31H43N2O3P/c1-21-17-26(18-22(2)30(21)34)37(27-19-23(3)31(35-7)24(4)20-27)29-10-8-9-28(29)25(5)32(6)11-12-33-13-15-36-16-14-33/h8,10,17-20,25,34H,9,11-16H2,1-7H3/t25-,37?/m1/s1. The number of methoxy groups -OCH3 is 1. The fourth-order valence-electron chi connectivity index (χ4n) is 5.56. The quantitative estimate of drug-likeness (QED) is 0.473. The van der Waals surface area contributed by atoms with Crippen molar-refractivity contribution < 1.29 is 14.6 Å². The summed E-state index contributed by atoms with van der Waals surface area (Å²) in [6.45, 7) is 16.5. The van der Waals surface area contributed by atoms with Crippen molar-refractivity contribution in [3.8, 4) is 11.5 Å². The number of hydrogen-bond donors (Lipinski definition) is 1. The molecule has 0 aromatic heterocycles. The molecule has 1 saturated heterocycles. The van der Waals surface area contributed by atoms with E-state index in [4.69, 9.17) is 9.47 Å². The van der Waals surface area contributed by atoms with E-state index in [0.717, 1.165) is 73.8 Å². The largest absolute Gasteiger partial charge is 0.507 e. The SMILES string of the molecule is COc1c(C)cc(P(C2=C([C@@H](C)N(C)CCN3CCOCC3)CC=C2)c2cc(C)c(O)c(C)c2)cc1C. The highest BCUT2D eigenvalue weighted by Gasteiger charge is 2.28. The van der Waals surface area contributed by atoms with E-state index < -0.39 is 7.92 Å². The Balaban J connectivity index is 1.73. The van der Waals surface area contributed by atoms with Crippen LogP contribution in [0.2, 0.25) is 0 Å². The summed E-state index contributed by atoms with van der Waals surface area (Å²) >= 11 is 0. The van der Waals surface area contributed by atoms with Crippen LogP contribution in [-0.2, 0) is 4.74 Å². The second-order valence-corrected chi connectivity index (χ2v) is 12.7. The molecule has 1 heterocycles. The minimum Gasteiger partial charge on any atom is -0.507 e. The second-order valence-electron chi connectivity index (χ2n) is 10.5. The molecule has 0 amide bonds. The number of benzene rings is 2. The molecule has 0 bridgehead atoms. The Morgan fingerprint density at radius 2 is 1.57 bits per heavy atom. The maximum absolute atomic E-state index is 10.5. The summed E-state index contributed by atoms with van der Waals surface area (Å²) in [7, 11) is 3.21. The van der Waals surface area contributed by atoms with Gasteiger partial charge in [0.05, 0.1) is 20.3 Å². The van der Waals surface area contributed by atoms with Gasteiger partial charge in [0.1, 0.15) is 11.5 Å². The van der Waals surface area contributed by atoms with Crippen molar-refractivity contribution in [3.05, 3.63) is 69.6 Å². The lowest BCUT2D eigenvalue weighted by molar-refractivity contribution is 0.0335. The molecule has 4 rings (SSSR count). The monoisotopic (exact) mass is 522 g/mol. The molecule has 1 unspecified atom stereocenters. The van der Waals surface area contributed by atoms with E-state index in [0.29, 0.717) is 11.8 Å². The van der Waals surface area contributed by atoms with Crippen molar-refractivity contribution in [1.29, 1.82) is 0 Å². The van der Waals surface area contributed by atoms with Crippen LogP contribution in [0.25, 0.3) is 0 Å². The summed E-state index contributed by atoms with van der Waals surface area (Å²) in [5.41, 5.74) is 5.70. The summed E-state index contributed by atoms with van der Waals surface area (Å²) in [5.74, 6) is 1.36. The molecular formula is C31H43N2O3P. The van der Waals surface area contributed by atoms with Gasteiger partial charge in [0, 0.05) is 32.2 Å². The Morgan fingerprint density at radius 1 is 1.00 bits per heavy atom. The summed E-state index contributed by atoms with van der Waals surface area (Å²) in [6, 6.07) is 9.33. The molecule has 6 heteroatoms. The number of allylic oxidation sites excluding steroid dienone is 3. The number of rotatable bonds is 9. The first kappa shape index (κ1) is 27.9. The van der Waals surface area contributed by atoms with Gasteiger partial charge in [-0.2, -0.15) is 0 Å². The first-order valence-corrected chi connectivity index (χ1v) is 14.7. The molecule has 0 spiro atoms. The highest BCUT2D eigenvalue weighted by atomic mass is 31.1. The minimum absolute atomic E-state index is 0.343. The van der Waals surface area contributed by atoms with Gasteiger partial charge in [0.25, 0.3) is 0 Å². The van der Waals surface area contributed by atoms with Crippen LogP contribution in [0.1, 0.15) is 35.6 Å². The van der Waals surface area contributed by atoms with Gasteiger partial charge in [-0.3, -0.25) is 9.80 Å². The van der Waals surface area contributed by atoms with Crippen LogP contribution in [0.5, 0.6) is 11.5 Å². The smallest absolute Gasteiger partial charge is 0.124 e. The average Bonchev–Trinajstić information content (AvgIpc) is 3.35. The lowest BCUT2D eigenvalue weighted by Crippen LogP contribution is -2.42. The molecule has 5 nitrogen and oxygen atoms in total. The lowest BCUT2D eigenvalue weighted by atomic mass is 10.1. The summed E-state index contributed by atoms with van der Waals surface area (Å²) < 4.78 is 11.2. The number of nitrogens with zero attached hydrogens (tertiary/aromatic N) is 2. The number of aromatic hydroxyl groups is 1. The van der Waals surface area contributed by atoms with Crippen molar-refractivity contribution in [1.82, 2.24) is 9.80 Å². The van der Waals surface area contributed by atoms with Crippen LogP contribution >= 0.6 is 7.92 Å². The summed E-state index contributed by atoms with van der Waals surface area (Å²) in [6.07, 6.45) is 5.68. The lowest BCUT2D eigenvalue weighted by Gasteiger charge is -2.33. The molecule has 1 aliphatic carbocycles. The first-order chi connectivity index (χ1) is 17.7. The molecule has 2 atom stereocenters. The number of hydrogen-bond acceptors (Lipinski definition) is 5. The van der Waals surface area contributed by atoms with Crippen molar-refractivity contribution >= 4 is 18.5 Å². The minimum atomic E-state index is -0.792. The highest BCUT2D eigenvalue weighted by molar-refractivity contribution is 7.77. The average molecular weight is 523 g/mol. The van der Waals surface area contributed by atoms with E-state index in [1.54, 1.807) is 7.11 Å². The van der Waals surface area contributed by atoms with Crippen molar-refractivity contribution in [2.24, 2.45) is 0 Å². The number of phenols is 1. The number of aryl methyl sites for hydroxylation is 4. The van der Waals surface area contributed by atoms with Gasteiger partial charge in [0.15, 0.2) is 0 Å². The van der Waals surface area contributed by atoms with Gasteiger partial charge in [-0.05, 0) is 124 Å². The first-order valence-electron chi connectivity index (χ1n) is 13.4. The molecule has 0 radical (unpaired) electrons. The van der Waals surface area contributed by atoms with E-state index in [9.17, 15) is 5.11 Å².